The lowest BCUT2D eigenvalue weighted by molar-refractivity contribution is 0.117. The summed E-state index contributed by atoms with van der Waals surface area (Å²) in [5, 5.41) is 6.78. The number of aromatic nitrogens is 2. The van der Waals surface area contributed by atoms with Crippen LogP contribution >= 0.6 is 0 Å². The number of halogens is 1. The highest BCUT2D eigenvalue weighted by Gasteiger charge is 2.24. The van der Waals surface area contributed by atoms with Crippen LogP contribution in [0.1, 0.15) is 25.0 Å². The second kappa shape index (κ2) is 10.7. The third kappa shape index (κ3) is 5.90. The van der Waals surface area contributed by atoms with E-state index in [4.69, 9.17) is 4.98 Å². The Morgan fingerprint density at radius 1 is 1.12 bits per heavy atom. The standard InChI is InChI=1S/C26H32FN5/c1-19(2)25-17-28-13-14-32(25)18-21-6-3-7-22(15-21)24-10-12-30-26(31-24)29-11-9-20-5-4-8-23(27)16-20/h3-8,10,12,15-16,19,25,28H,9,11,13-14,17-18H2,1-2H3,(H,29,30,31). The molecule has 1 aromatic heterocycles. The van der Waals surface area contributed by atoms with Gasteiger partial charge in [-0.1, -0.05) is 44.2 Å². The van der Waals surface area contributed by atoms with Crippen LogP contribution in [0, 0.1) is 11.7 Å². The van der Waals surface area contributed by atoms with Crippen molar-refractivity contribution in [3.8, 4) is 11.3 Å². The molecular weight excluding hydrogens is 401 g/mol. The molecular formula is C26H32FN5. The van der Waals surface area contributed by atoms with Crippen molar-refractivity contribution >= 4 is 5.95 Å². The fourth-order valence-electron chi connectivity index (χ4n) is 4.30. The van der Waals surface area contributed by atoms with E-state index in [-0.39, 0.29) is 5.82 Å². The van der Waals surface area contributed by atoms with E-state index in [1.54, 1.807) is 18.3 Å². The summed E-state index contributed by atoms with van der Waals surface area (Å²) in [5.41, 5.74) is 4.24. The molecule has 4 rings (SSSR count). The first-order chi connectivity index (χ1) is 15.6. The fraction of sp³-hybridized carbons (Fsp3) is 0.385. The molecule has 0 aliphatic carbocycles. The van der Waals surface area contributed by atoms with Gasteiger partial charge in [-0.15, -0.1) is 0 Å². The number of hydrogen-bond donors (Lipinski definition) is 2. The smallest absolute Gasteiger partial charge is 0.223 e. The minimum atomic E-state index is -0.207. The number of nitrogens with one attached hydrogen (secondary N) is 2. The number of hydrogen-bond acceptors (Lipinski definition) is 5. The van der Waals surface area contributed by atoms with Crippen LogP contribution in [0.3, 0.4) is 0 Å². The molecule has 0 saturated carbocycles. The minimum absolute atomic E-state index is 0.207. The van der Waals surface area contributed by atoms with Crippen LogP contribution in [0.15, 0.2) is 60.8 Å². The Morgan fingerprint density at radius 3 is 2.81 bits per heavy atom. The second-order valence-corrected chi connectivity index (χ2v) is 8.76. The van der Waals surface area contributed by atoms with Crippen LogP contribution in [0.5, 0.6) is 0 Å². The Bertz CT molecular complexity index is 1020. The average molecular weight is 434 g/mol. The Hall–Kier alpha value is -2.83. The van der Waals surface area contributed by atoms with Crippen molar-refractivity contribution < 1.29 is 4.39 Å². The van der Waals surface area contributed by atoms with Crippen molar-refractivity contribution in [2.75, 3.05) is 31.5 Å². The fourth-order valence-corrected chi connectivity index (χ4v) is 4.30. The molecule has 168 valence electrons. The van der Waals surface area contributed by atoms with Crippen molar-refractivity contribution in [1.82, 2.24) is 20.2 Å². The van der Waals surface area contributed by atoms with E-state index in [1.807, 2.05) is 12.1 Å². The largest absolute Gasteiger partial charge is 0.354 e. The molecule has 3 aromatic rings. The molecule has 1 fully saturated rings. The van der Waals surface area contributed by atoms with Crippen LogP contribution in [-0.2, 0) is 13.0 Å². The van der Waals surface area contributed by atoms with Crippen LogP contribution in [0.4, 0.5) is 10.3 Å². The predicted molar refractivity (Wildman–Crippen MR) is 128 cm³/mol. The summed E-state index contributed by atoms with van der Waals surface area (Å²) in [6.07, 6.45) is 2.49. The summed E-state index contributed by atoms with van der Waals surface area (Å²) in [7, 11) is 0. The molecule has 1 saturated heterocycles. The van der Waals surface area contributed by atoms with Gasteiger partial charge in [-0.2, -0.15) is 0 Å². The number of anilines is 1. The van der Waals surface area contributed by atoms with Crippen molar-refractivity contribution in [2.24, 2.45) is 5.92 Å². The van der Waals surface area contributed by atoms with E-state index in [1.165, 1.54) is 11.6 Å². The molecule has 2 N–H and O–H groups in total. The third-order valence-corrected chi connectivity index (χ3v) is 6.02. The van der Waals surface area contributed by atoms with Gasteiger partial charge in [-0.25, -0.2) is 14.4 Å². The number of nitrogens with zero attached hydrogens (tertiary/aromatic N) is 3. The van der Waals surface area contributed by atoms with Gasteiger partial charge in [-0.05, 0) is 47.7 Å². The summed E-state index contributed by atoms with van der Waals surface area (Å²) in [5.74, 6) is 1.00. The Morgan fingerprint density at radius 2 is 1.97 bits per heavy atom. The molecule has 1 unspecified atom stereocenters. The van der Waals surface area contributed by atoms with Gasteiger partial charge in [0.05, 0.1) is 5.69 Å². The minimum Gasteiger partial charge on any atom is -0.354 e. The maximum absolute atomic E-state index is 13.3. The first-order valence-electron chi connectivity index (χ1n) is 11.4. The quantitative estimate of drug-likeness (QED) is 0.553. The van der Waals surface area contributed by atoms with Crippen LogP contribution in [0.2, 0.25) is 0 Å². The van der Waals surface area contributed by atoms with E-state index in [0.717, 1.165) is 43.0 Å². The zero-order valence-corrected chi connectivity index (χ0v) is 18.9. The van der Waals surface area contributed by atoms with E-state index in [9.17, 15) is 4.39 Å². The van der Waals surface area contributed by atoms with E-state index < -0.39 is 0 Å². The third-order valence-electron chi connectivity index (χ3n) is 6.02. The number of benzene rings is 2. The van der Waals surface area contributed by atoms with Gasteiger partial charge in [0.1, 0.15) is 5.82 Å². The Kier molecular flexibility index (Phi) is 7.45. The lowest BCUT2D eigenvalue weighted by Crippen LogP contribution is -2.52. The summed E-state index contributed by atoms with van der Waals surface area (Å²) in [6, 6.07) is 17.8. The molecule has 0 spiro atoms. The highest BCUT2D eigenvalue weighted by Crippen LogP contribution is 2.22. The predicted octanol–water partition coefficient (Wildman–Crippen LogP) is 4.37. The van der Waals surface area contributed by atoms with Crippen molar-refractivity contribution in [3.05, 3.63) is 77.7 Å². The molecule has 0 amide bonds. The molecule has 1 aliphatic rings. The maximum Gasteiger partial charge on any atom is 0.223 e. The lowest BCUT2D eigenvalue weighted by atomic mass is 9.99. The van der Waals surface area contributed by atoms with Gasteiger partial charge in [0, 0.05) is 50.5 Å². The summed E-state index contributed by atoms with van der Waals surface area (Å²) in [4.78, 5) is 11.6. The van der Waals surface area contributed by atoms with Gasteiger partial charge in [-0.3, -0.25) is 4.90 Å². The first-order valence-corrected chi connectivity index (χ1v) is 11.4. The molecule has 2 heterocycles. The Balaban J connectivity index is 1.41. The highest BCUT2D eigenvalue weighted by molar-refractivity contribution is 5.61. The van der Waals surface area contributed by atoms with E-state index in [2.05, 4.69) is 58.6 Å². The van der Waals surface area contributed by atoms with E-state index in [0.29, 0.717) is 30.9 Å². The first kappa shape index (κ1) is 22.4. The number of rotatable bonds is 8. The normalized spacial score (nSPS) is 16.9. The van der Waals surface area contributed by atoms with Gasteiger partial charge in [0.15, 0.2) is 0 Å². The zero-order valence-electron chi connectivity index (χ0n) is 18.9. The van der Waals surface area contributed by atoms with Gasteiger partial charge >= 0.3 is 0 Å². The highest BCUT2D eigenvalue weighted by atomic mass is 19.1. The lowest BCUT2D eigenvalue weighted by Gasteiger charge is -2.38. The van der Waals surface area contributed by atoms with Crippen molar-refractivity contribution in [1.29, 1.82) is 0 Å². The van der Waals surface area contributed by atoms with Gasteiger partial charge < -0.3 is 10.6 Å². The van der Waals surface area contributed by atoms with Crippen LogP contribution in [0.25, 0.3) is 11.3 Å². The topological polar surface area (TPSA) is 53.1 Å². The molecule has 1 atom stereocenters. The number of piperazine rings is 1. The van der Waals surface area contributed by atoms with Crippen LogP contribution in [-0.4, -0.2) is 47.1 Å². The monoisotopic (exact) mass is 433 g/mol. The summed E-state index contributed by atoms with van der Waals surface area (Å²) in [6.45, 7) is 9.34. The molecule has 0 bridgehead atoms. The second-order valence-electron chi connectivity index (χ2n) is 8.76. The molecule has 6 heteroatoms. The van der Waals surface area contributed by atoms with E-state index >= 15 is 0 Å². The Labute approximate surface area is 190 Å². The summed E-state index contributed by atoms with van der Waals surface area (Å²) >= 11 is 0. The van der Waals surface area contributed by atoms with Gasteiger partial charge in [0.25, 0.3) is 0 Å². The van der Waals surface area contributed by atoms with Crippen molar-refractivity contribution in [2.45, 2.75) is 32.9 Å². The SMILES string of the molecule is CC(C)C1CNCCN1Cc1cccc(-c2ccnc(NCCc3cccc(F)c3)n2)c1. The van der Waals surface area contributed by atoms with Gasteiger partial charge in [0.2, 0.25) is 5.95 Å². The molecule has 0 radical (unpaired) electrons. The van der Waals surface area contributed by atoms with Crippen molar-refractivity contribution in [3.63, 3.8) is 0 Å². The zero-order chi connectivity index (χ0) is 22.3. The summed E-state index contributed by atoms with van der Waals surface area (Å²) < 4.78 is 13.3. The molecule has 32 heavy (non-hydrogen) atoms. The maximum atomic E-state index is 13.3. The molecule has 1 aliphatic heterocycles. The average Bonchev–Trinajstić information content (AvgIpc) is 2.80. The molecule has 2 aromatic carbocycles. The molecule has 5 nitrogen and oxygen atoms in total. The van der Waals surface area contributed by atoms with Crippen LogP contribution < -0.4 is 10.6 Å².